The van der Waals surface area contributed by atoms with Gasteiger partial charge in [0.2, 0.25) is 0 Å². The van der Waals surface area contributed by atoms with Crippen molar-refractivity contribution in [1.29, 1.82) is 0 Å². The molecule has 0 aliphatic heterocycles. The molecule has 0 radical (unpaired) electrons. The highest BCUT2D eigenvalue weighted by Gasteiger charge is 2.13. The quantitative estimate of drug-likeness (QED) is 0.138. The van der Waals surface area contributed by atoms with E-state index < -0.39 is 0 Å². The zero-order valence-electron chi connectivity index (χ0n) is 27.4. The molecule has 3 N–H and O–H groups in total. The Kier molecular flexibility index (Phi) is 16.2. The summed E-state index contributed by atoms with van der Waals surface area (Å²) in [6.45, 7) is 2.52. The fraction of sp³-hybridized carbons (Fsp3) is 0.179. The minimum atomic E-state index is -0.340. The summed E-state index contributed by atoms with van der Waals surface area (Å²) in [4.78, 5) is 31.5. The molecule has 50 heavy (non-hydrogen) atoms. The van der Waals surface area contributed by atoms with Gasteiger partial charge in [-0.05, 0) is 74.6 Å². The maximum atomic E-state index is 11.8. The Morgan fingerprint density at radius 3 is 1.70 bits per heavy atom. The van der Waals surface area contributed by atoms with Crippen molar-refractivity contribution in [1.82, 2.24) is 19.1 Å². The standard InChI is InChI=1S/C19H19N3O2.C12H11BrN2O2.C7H9N.CH4/c1-24-19(23)18-8-5-11-22(18)14-16-9-10-20-13-17(16)21-12-15-6-3-2-4-7-15;1-17-12(16)11-3-2-6-15(11)8-9-4-5-14-7-10(9)13;8-6-7-4-2-1-3-5-7;/h2-11,13,21H,12,14H2,1H3;2-7H,8H2,1H3;1-5H,6,8H2;1H4. The molecule has 0 spiro atoms. The van der Waals surface area contributed by atoms with Crippen molar-refractivity contribution >= 4 is 33.6 Å². The van der Waals surface area contributed by atoms with Crippen LogP contribution in [0, 0.1) is 0 Å². The molecule has 0 saturated heterocycles. The third-order valence-corrected chi connectivity index (χ3v) is 8.02. The summed E-state index contributed by atoms with van der Waals surface area (Å²) >= 11 is 3.43. The zero-order chi connectivity index (χ0) is 34.8. The van der Waals surface area contributed by atoms with Crippen LogP contribution in [0.1, 0.15) is 50.7 Å². The normalized spacial score (nSPS) is 9.92. The van der Waals surface area contributed by atoms with Gasteiger partial charge >= 0.3 is 11.9 Å². The molecule has 4 aromatic heterocycles. The third kappa shape index (κ3) is 11.6. The van der Waals surface area contributed by atoms with Gasteiger partial charge in [0, 0.05) is 61.6 Å². The summed E-state index contributed by atoms with van der Waals surface area (Å²) in [7, 11) is 2.76. The maximum Gasteiger partial charge on any atom is 0.354 e. The molecule has 0 amide bonds. The van der Waals surface area contributed by atoms with Crippen LogP contribution < -0.4 is 11.1 Å². The number of methoxy groups -OCH3 is 2. The Morgan fingerprint density at radius 2 is 1.20 bits per heavy atom. The van der Waals surface area contributed by atoms with Crippen molar-refractivity contribution in [3.63, 3.8) is 0 Å². The van der Waals surface area contributed by atoms with E-state index in [1.807, 2.05) is 94.3 Å². The van der Waals surface area contributed by atoms with Crippen LogP contribution in [0.3, 0.4) is 0 Å². The average molecular weight is 740 g/mol. The molecule has 10 nitrogen and oxygen atoms in total. The van der Waals surface area contributed by atoms with E-state index in [0.29, 0.717) is 31.0 Å². The van der Waals surface area contributed by atoms with Gasteiger partial charge in [-0.15, -0.1) is 0 Å². The molecule has 6 aromatic rings. The minimum Gasteiger partial charge on any atom is -0.464 e. The lowest BCUT2D eigenvalue weighted by Crippen LogP contribution is -2.12. The third-order valence-electron chi connectivity index (χ3n) is 7.30. The van der Waals surface area contributed by atoms with Crippen molar-refractivity contribution in [2.45, 2.75) is 33.6 Å². The molecule has 0 bridgehead atoms. The predicted molar refractivity (Wildman–Crippen MR) is 201 cm³/mol. The number of nitrogens with one attached hydrogen (secondary N) is 1. The molecule has 0 aliphatic rings. The Hall–Kier alpha value is -5.52. The smallest absolute Gasteiger partial charge is 0.354 e. The molecule has 0 atom stereocenters. The largest absolute Gasteiger partial charge is 0.464 e. The molecular formula is C39H43BrN6O4. The van der Waals surface area contributed by atoms with Crippen molar-refractivity contribution < 1.29 is 19.1 Å². The van der Waals surface area contributed by atoms with Crippen LogP contribution in [0.4, 0.5) is 5.69 Å². The molecule has 2 aromatic carbocycles. The van der Waals surface area contributed by atoms with Gasteiger partial charge in [-0.2, -0.15) is 0 Å². The second-order valence-electron chi connectivity index (χ2n) is 10.6. The average Bonchev–Trinajstić information content (AvgIpc) is 3.83. The van der Waals surface area contributed by atoms with Crippen LogP contribution in [-0.2, 0) is 35.7 Å². The monoisotopic (exact) mass is 738 g/mol. The molecule has 4 heterocycles. The van der Waals surface area contributed by atoms with E-state index in [4.69, 9.17) is 15.2 Å². The summed E-state index contributed by atoms with van der Waals surface area (Å²) in [5.74, 6) is -0.673. The van der Waals surface area contributed by atoms with Crippen LogP contribution in [0.2, 0.25) is 0 Å². The number of carbonyl (C=O) groups is 2. The van der Waals surface area contributed by atoms with E-state index in [9.17, 15) is 9.59 Å². The maximum absolute atomic E-state index is 11.8. The number of halogens is 1. The number of ether oxygens (including phenoxy) is 2. The fourth-order valence-corrected chi connectivity index (χ4v) is 5.09. The lowest BCUT2D eigenvalue weighted by Gasteiger charge is -2.13. The van der Waals surface area contributed by atoms with Gasteiger partial charge in [-0.3, -0.25) is 9.97 Å². The highest BCUT2D eigenvalue weighted by Crippen LogP contribution is 2.19. The molecular weight excluding hydrogens is 696 g/mol. The fourth-order valence-electron chi connectivity index (χ4n) is 4.71. The number of esters is 2. The Morgan fingerprint density at radius 1 is 0.700 bits per heavy atom. The van der Waals surface area contributed by atoms with Crippen molar-refractivity contribution in [2.24, 2.45) is 5.73 Å². The van der Waals surface area contributed by atoms with Gasteiger partial charge in [-0.1, -0.05) is 68.1 Å². The number of nitrogens with two attached hydrogens (primary N) is 1. The number of rotatable bonds is 10. The SMILES string of the molecule is C.COC(=O)c1cccn1Cc1ccncc1Br.COC(=O)c1cccn1Cc1ccncc1NCc1ccccc1.NCc1ccccc1. The highest BCUT2D eigenvalue weighted by atomic mass is 79.9. The number of carbonyl (C=O) groups excluding carboxylic acids is 2. The highest BCUT2D eigenvalue weighted by molar-refractivity contribution is 9.10. The van der Waals surface area contributed by atoms with Crippen LogP contribution in [-0.4, -0.2) is 45.3 Å². The molecule has 260 valence electrons. The van der Waals surface area contributed by atoms with Crippen LogP contribution in [0.5, 0.6) is 0 Å². The molecule has 0 aliphatic carbocycles. The van der Waals surface area contributed by atoms with E-state index in [-0.39, 0.29) is 19.4 Å². The van der Waals surface area contributed by atoms with Gasteiger partial charge in [0.05, 0.1) is 26.1 Å². The summed E-state index contributed by atoms with van der Waals surface area (Å²) in [5.41, 5.74) is 11.9. The number of anilines is 1. The number of hydrogen-bond donors (Lipinski definition) is 2. The number of pyridine rings is 2. The number of nitrogens with zero attached hydrogens (tertiary/aromatic N) is 4. The summed E-state index contributed by atoms with van der Waals surface area (Å²) in [6.07, 6.45) is 10.7. The Labute approximate surface area is 302 Å². The summed E-state index contributed by atoms with van der Waals surface area (Å²) < 4.78 is 14.2. The Bertz CT molecular complexity index is 1890. The number of benzene rings is 2. The lowest BCUT2D eigenvalue weighted by atomic mass is 10.2. The molecule has 11 heteroatoms. The van der Waals surface area contributed by atoms with Crippen LogP contribution in [0.25, 0.3) is 0 Å². The molecule has 0 saturated carbocycles. The van der Waals surface area contributed by atoms with E-state index in [1.54, 1.807) is 36.9 Å². The van der Waals surface area contributed by atoms with Crippen LogP contribution in [0.15, 0.2) is 139 Å². The first-order valence-corrected chi connectivity index (χ1v) is 16.2. The van der Waals surface area contributed by atoms with Gasteiger partial charge in [-0.25, -0.2) is 9.59 Å². The van der Waals surface area contributed by atoms with E-state index >= 15 is 0 Å². The number of hydrogen-bond acceptors (Lipinski definition) is 8. The summed E-state index contributed by atoms with van der Waals surface area (Å²) in [6, 6.07) is 31.2. The predicted octanol–water partition coefficient (Wildman–Crippen LogP) is 7.59. The number of aromatic nitrogens is 4. The van der Waals surface area contributed by atoms with Gasteiger partial charge in [0.15, 0.2) is 0 Å². The van der Waals surface area contributed by atoms with Crippen molar-refractivity contribution in [2.75, 3.05) is 19.5 Å². The molecule has 0 unspecified atom stereocenters. The van der Waals surface area contributed by atoms with E-state index in [1.165, 1.54) is 25.3 Å². The van der Waals surface area contributed by atoms with Crippen molar-refractivity contribution in [3.8, 4) is 0 Å². The molecule has 0 fully saturated rings. The van der Waals surface area contributed by atoms with E-state index in [2.05, 4.69) is 43.3 Å². The second-order valence-corrected chi connectivity index (χ2v) is 11.4. The lowest BCUT2D eigenvalue weighted by molar-refractivity contribution is 0.0580. The van der Waals surface area contributed by atoms with Gasteiger partial charge in [0.25, 0.3) is 0 Å². The summed E-state index contributed by atoms with van der Waals surface area (Å²) in [5, 5.41) is 3.41. The van der Waals surface area contributed by atoms with Crippen LogP contribution >= 0.6 is 15.9 Å². The van der Waals surface area contributed by atoms with Gasteiger partial charge < -0.3 is 29.7 Å². The Balaban J connectivity index is 0.000000226. The van der Waals surface area contributed by atoms with Gasteiger partial charge in [0.1, 0.15) is 11.4 Å². The topological polar surface area (TPSA) is 126 Å². The van der Waals surface area contributed by atoms with E-state index in [0.717, 1.165) is 27.8 Å². The first-order valence-electron chi connectivity index (χ1n) is 15.4. The first-order chi connectivity index (χ1) is 23.9. The minimum absolute atomic E-state index is 0. The first kappa shape index (κ1) is 38.9. The molecule has 6 rings (SSSR count). The second kappa shape index (κ2) is 20.8. The van der Waals surface area contributed by atoms with Crippen molar-refractivity contribution in [3.05, 3.63) is 172 Å². The zero-order valence-corrected chi connectivity index (χ0v) is 29.0.